The van der Waals surface area contributed by atoms with E-state index in [2.05, 4.69) is 11.6 Å². The lowest BCUT2D eigenvalue weighted by molar-refractivity contribution is 0.176. The number of imidazole rings is 1. The lowest BCUT2D eigenvalue weighted by Crippen LogP contribution is -2.34. The average Bonchev–Trinajstić information content (AvgIpc) is 3.21. The fourth-order valence-electron chi connectivity index (χ4n) is 3.35. The minimum absolute atomic E-state index is 0.0672. The Morgan fingerprint density at radius 3 is 2.27 bits per heavy atom. The number of nitrogens with zero attached hydrogens (tertiary/aromatic N) is 3. The first-order chi connectivity index (χ1) is 15.8. The van der Waals surface area contributed by atoms with Crippen LogP contribution < -0.4 is 0 Å². The number of ether oxygens (including phenoxy) is 1. The van der Waals surface area contributed by atoms with E-state index in [9.17, 15) is 16.8 Å². The molecule has 176 valence electrons. The van der Waals surface area contributed by atoms with E-state index < -0.39 is 19.9 Å². The van der Waals surface area contributed by atoms with Crippen LogP contribution in [0.4, 0.5) is 0 Å². The van der Waals surface area contributed by atoms with Crippen molar-refractivity contribution in [3.8, 4) is 0 Å². The number of rotatable bonds is 12. The molecule has 2 aromatic carbocycles. The van der Waals surface area contributed by atoms with Crippen LogP contribution in [0.25, 0.3) is 0 Å². The third kappa shape index (κ3) is 5.97. The summed E-state index contributed by atoms with van der Waals surface area (Å²) in [6.07, 6.45) is 2.96. The summed E-state index contributed by atoms with van der Waals surface area (Å²) in [6.45, 7) is 4.09. The first-order valence-electron chi connectivity index (χ1n) is 10.3. The Morgan fingerprint density at radius 2 is 1.67 bits per heavy atom. The summed E-state index contributed by atoms with van der Waals surface area (Å²) in [7, 11) is -6.13. The summed E-state index contributed by atoms with van der Waals surface area (Å²) in [4.78, 5) is 4.31. The quantitative estimate of drug-likeness (QED) is 0.363. The molecule has 33 heavy (non-hydrogen) atoms. The fourth-order valence-corrected chi connectivity index (χ4v) is 6.27. The number of sulfonamides is 1. The second-order valence-corrected chi connectivity index (χ2v) is 11.1. The highest BCUT2D eigenvalue weighted by Gasteiger charge is 2.28. The maximum absolute atomic E-state index is 13.3. The molecule has 1 heterocycles. The molecule has 0 aliphatic carbocycles. The smallest absolute Gasteiger partial charge is 0.243 e. The SMILES string of the molecule is C=CCn1c(CN(CCOC)S(=O)(=O)c2ccccc2)cnc1S(=O)(=O)Cc1ccccc1. The molecule has 0 radical (unpaired) electrons. The van der Waals surface area contributed by atoms with E-state index in [0.29, 0.717) is 11.3 Å². The molecule has 0 N–H and O–H groups in total. The molecule has 0 unspecified atom stereocenters. The molecule has 0 atom stereocenters. The Hall–Kier alpha value is -2.79. The van der Waals surface area contributed by atoms with E-state index in [1.807, 2.05) is 6.07 Å². The molecule has 0 spiro atoms. The highest BCUT2D eigenvalue weighted by atomic mass is 32.2. The molecule has 0 saturated heterocycles. The second-order valence-electron chi connectivity index (χ2n) is 7.32. The summed E-state index contributed by atoms with van der Waals surface area (Å²) < 4.78 is 60.6. The summed E-state index contributed by atoms with van der Waals surface area (Å²) in [5.74, 6) is -0.211. The predicted molar refractivity (Wildman–Crippen MR) is 126 cm³/mol. The number of allylic oxidation sites excluding steroid dienone is 1. The van der Waals surface area contributed by atoms with Crippen molar-refractivity contribution in [2.75, 3.05) is 20.3 Å². The Bertz CT molecular complexity index is 1270. The van der Waals surface area contributed by atoms with Gasteiger partial charge in [-0.2, -0.15) is 4.31 Å². The molecular formula is C23H27N3O5S2. The van der Waals surface area contributed by atoms with Crippen LogP contribution >= 0.6 is 0 Å². The predicted octanol–water partition coefficient (Wildman–Crippen LogP) is 2.88. The molecule has 0 aliphatic heterocycles. The second kappa shape index (κ2) is 10.9. The number of hydrogen-bond donors (Lipinski definition) is 0. The van der Waals surface area contributed by atoms with Crippen molar-refractivity contribution in [3.05, 3.63) is 90.8 Å². The van der Waals surface area contributed by atoms with Gasteiger partial charge in [0, 0.05) is 20.2 Å². The van der Waals surface area contributed by atoms with E-state index in [-0.39, 0.29) is 42.0 Å². The Labute approximate surface area is 195 Å². The van der Waals surface area contributed by atoms with Crippen molar-refractivity contribution in [2.24, 2.45) is 0 Å². The van der Waals surface area contributed by atoms with Crippen LogP contribution in [0.3, 0.4) is 0 Å². The lowest BCUT2D eigenvalue weighted by Gasteiger charge is -2.22. The standard InChI is InChI=1S/C23H27N3O5S2/c1-3-14-26-21(17-24-23(26)32(27,28)19-20-10-6-4-7-11-20)18-25(15-16-31-2)33(29,30)22-12-8-5-9-13-22/h3-13,17H,1,14-16,18-19H2,2H3. The monoisotopic (exact) mass is 489 g/mol. The molecule has 1 aromatic heterocycles. The molecule has 10 heteroatoms. The van der Waals surface area contributed by atoms with Crippen LogP contribution in [0, 0.1) is 0 Å². The first kappa shape index (κ1) is 24.8. The summed E-state index contributed by atoms with van der Waals surface area (Å²) in [6, 6.07) is 16.9. The van der Waals surface area contributed by atoms with Gasteiger partial charge in [-0.25, -0.2) is 21.8 Å². The van der Waals surface area contributed by atoms with Gasteiger partial charge in [-0.1, -0.05) is 54.6 Å². The molecule has 3 aromatic rings. The molecule has 3 rings (SSSR count). The lowest BCUT2D eigenvalue weighted by atomic mass is 10.2. The van der Waals surface area contributed by atoms with Crippen LogP contribution in [0.2, 0.25) is 0 Å². The fraction of sp³-hybridized carbons (Fsp3) is 0.261. The van der Waals surface area contributed by atoms with E-state index in [4.69, 9.17) is 4.74 Å². The summed E-state index contributed by atoms with van der Waals surface area (Å²) in [5.41, 5.74) is 1.08. The van der Waals surface area contributed by atoms with E-state index in [1.165, 1.54) is 34.3 Å². The van der Waals surface area contributed by atoms with Crippen molar-refractivity contribution >= 4 is 19.9 Å². The van der Waals surface area contributed by atoms with Gasteiger partial charge in [0.15, 0.2) is 0 Å². The minimum atomic E-state index is -3.84. The normalized spacial score (nSPS) is 12.2. The zero-order valence-electron chi connectivity index (χ0n) is 18.4. The third-order valence-electron chi connectivity index (χ3n) is 4.96. The van der Waals surface area contributed by atoms with Gasteiger partial charge in [0.2, 0.25) is 25.0 Å². The highest BCUT2D eigenvalue weighted by Crippen LogP contribution is 2.22. The zero-order chi connectivity index (χ0) is 23.9. The Morgan fingerprint density at radius 1 is 1.03 bits per heavy atom. The Balaban J connectivity index is 1.97. The van der Waals surface area contributed by atoms with Crippen LogP contribution in [0.1, 0.15) is 11.3 Å². The molecule has 0 fully saturated rings. The van der Waals surface area contributed by atoms with Crippen molar-refractivity contribution < 1.29 is 21.6 Å². The summed E-state index contributed by atoms with van der Waals surface area (Å²) in [5, 5.41) is -0.120. The molecule has 0 bridgehead atoms. The first-order valence-corrected chi connectivity index (χ1v) is 13.3. The highest BCUT2D eigenvalue weighted by molar-refractivity contribution is 7.90. The van der Waals surface area contributed by atoms with E-state index >= 15 is 0 Å². The van der Waals surface area contributed by atoms with Crippen LogP contribution in [-0.4, -0.2) is 51.0 Å². The van der Waals surface area contributed by atoms with Crippen LogP contribution in [0.5, 0.6) is 0 Å². The number of methoxy groups -OCH3 is 1. The number of benzene rings is 2. The maximum atomic E-state index is 13.3. The molecule has 0 amide bonds. The molecular weight excluding hydrogens is 462 g/mol. The average molecular weight is 490 g/mol. The van der Waals surface area contributed by atoms with Crippen molar-refractivity contribution in [2.45, 2.75) is 28.9 Å². The van der Waals surface area contributed by atoms with Gasteiger partial charge in [-0.15, -0.1) is 6.58 Å². The largest absolute Gasteiger partial charge is 0.383 e. The van der Waals surface area contributed by atoms with Gasteiger partial charge in [0.25, 0.3) is 0 Å². The third-order valence-corrected chi connectivity index (χ3v) is 8.41. The van der Waals surface area contributed by atoms with Crippen LogP contribution in [0.15, 0.2) is 89.6 Å². The zero-order valence-corrected chi connectivity index (χ0v) is 20.0. The van der Waals surface area contributed by atoms with Gasteiger partial charge >= 0.3 is 0 Å². The topological polar surface area (TPSA) is 98.6 Å². The van der Waals surface area contributed by atoms with Crippen molar-refractivity contribution in [1.29, 1.82) is 0 Å². The summed E-state index contributed by atoms with van der Waals surface area (Å²) >= 11 is 0. The van der Waals surface area contributed by atoms with Gasteiger partial charge < -0.3 is 9.30 Å². The van der Waals surface area contributed by atoms with E-state index in [1.54, 1.807) is 48.5 Å². The van der Waals surface area contributed by atoms with Gasteiger partial charge in [0.05, 0.1) is 35.7 Å². The van der Waals surface area contributed by atoms with Crippen molar-refractivity contribution in [1.82, 2.24) is 13.9 Å². The number of hydrogen-bond acceptors (Lipinski definition) is 6. The van der Waals surface area contributed by atoms with Crippen LogP contribution in [-0.2, 0) is 43.4 Å². The molecule has 8 nitrogen and oxygen atoms in total. The van der Waals surface area contributed by atoms with Gasteiger partial charge in [0.1, 0.15) is 0 Å². The maximum Gasteiger partial charge on any atom is 0.243 e. The van der Waals surface area contributed by atoms with E-state index in [0.717, 1.165) is 0 Å². The van der Waals surface area contributed by atoms with Gasteiger partial charge in [-0.3, -0.25) is 0 Å². The van der Waals surface area contributed by atoms with Gasteiger partial charge in [-0.05, 0) is 17.7 Å². The Kier molecular flexibility index (Phi) is 8.20. The van der Waals surface area contributed by atoms with Crippen molar-refractivity contribution in [3.63, 3.8) is 0 Å². The number of sulfone groups is 1. The minimum Gasteiger partial charge on any atom is -0.383 e. The number of aromatic nitrogens is 2. The molecule has 0 saturated carbocycles. The molecule has 0 aliphatic rings.